The molecule has 2 N–H and O–H groups in total. The fourth-order valence-electron chi connectivity index (χ4n) is 2.88. The Morgan fingerprint density at radius 2 is 1.95 bits per heavy atom. The van der Waals surface area contributed by atoms with Crippen molar-refractivity contribution in [1.82, 2.24) is 10.6 Å². The van der Waals surface area contributed by atoms with Gasteiger partial charge in [-0.05, 0) is 31.6 Å². The molecule has 0 aromatic rings. The molecule has 0 saturated heterocycles. The average Bonchev–Trinajstić information content (AvgIpc) is 2.39. The van der Waals surface area contributed by atoms with Crippen LogP contribution in [0.2, 0.25) is 0 Å². The molecule has 1 aliphatic rings. The van der Waals surface area contributed by atoms with Gasteiger partial charge in [-0.1, -0.05) is 26.7 Å². The summed E-state index contributed by atoms with van der Waals surface area (Å²) >= 11 is 0. The molecule has 0 radical (unpaired) electrons. The number of ether oxygens (including phenoxy) is 1. The zero-order valence-corrected chi connectivity index (χ0v) is 12.9. The zero-order chi connectivity index (χ0) is 15.0. The topological polar surface area (TPSA) is 67.4 Å². The number of carbonyl (C=O) groups is 2. The summed E-state index contributed by atoms with van der Waals surface area (Å²) < 4.78 is 4.74. The smallest absolute Gasteiger partial charge is 0.407 e. The monoisotopic (exact) mass is 284 g/mol. The molecule has 0 aromatic heterocycles. The van der Waals surface area contributed by atoms with Crippen LogP contribution in [0.15, 0.2) is 0 Å². The minimum atomic E-state index is -0.460. The molecule has 2 atom stereocenters. The summed E-state index contributed by atoms with van der Waals surface area (Å²) in [4.78, 5) is 23.0. The molecule has 0 aromatic carbocycles. The fourth-order valence-corrected chi connectivity index (χ4v) is 2.88. The van der Waals surface area contributed by atoms with Gasteiger partial charge in [0.2, 0.25) is 5.91 Å². The number of amides is 2. The standard InChI is InChI=1S/C15H28N2O3/c1-4-20-15(19)16-10-9-14(18)17-13-8-6-5-7-12(13)11(2)3/h11-13H,4-10H2,1-3H3,(H,16,19)(H,17,18). The van der Waals surface area contributed by atoms with Crippen molar-refractivity contribution >= 4 is 12.0 Å². The lowest BCUT2D eigenvalue weighted by Gasteiger charge is -2.34. The summed E-state index contributed by atoms with van der Waals surface area (Å²) in [7, 11) is 0. The van der Waals surface area contributed by atoms with Gasteiger partial charge in [0.15, 0.2) is 0 Å². The lowest BCUT2D eigenvalue weighted by Crippen LogP contribution is -2.44. The van der Waals surface area contributed by atoms with Crippen molar-refractivity contribution in [2.24, 2.45) is 11.8 Å². The van der Waals surface area contributed by atoms with E-state index in [-0.39, 0.29) is 5.91 Å². The maximum atomic E-state index is 11.9. The molecule has 2 amide bonds. The second-order valence-electron chi connectivity index (χ2n) is 5.76. The predicted molar refractivity (Wildman–Crippen MR) is 78.4 cm³/mol. The molecule has 5 heteroatoms. The van der Waals surface area contributed by atoms with Crippen molar-refractivity contribution in [3.63, 3.8) is 0 Å². The van der Waals surface area contributed by atoms with Gasteiger partial charge < -0.3 is 15.4 Å². The molecule has 0 spiro atoms. The number of hydrogen-bond donors (Lipinski definition) is 2. The third-order valence-corrected chi connectivity index (χ3v) is 3.92. The highest BCUT2D eigenvalue weighted by Gasteiger charge is 2.28. The van der Waals surface area contributed by atoms with Gasteiger partial charge in [-0.2, -0.15) is 0 Å². The van der Waals surface area contributed by atoms with Gasteiger partial charge in [0, 0.05) is 19.0 Å². The molecule has 20 heavy (non-hydrogen) atoms. The van der Waals surface area contributed by atoms with Gasteiger partial charge in [0.1, 0.15) is 0 Å². The largest absolute Gasteiger partial charge is 0.450 e. The van der Waals surface area contributed by atoms with Crippen molar-refractivity contribution in [2.45, 2.75) is 58.9 Å². The molecular formula is C15H28N2O3. The van der Waals surface area contributed by atoms with Gasteiger partial charge in [-0.15, -0.1) is 0 Å². The Labute approximate surface area is 121 Å². The zero-order valence-electron chi connectivity index (χ0n) is 12.9. The Morgan fingerprint density at radius 1 is 1.25 bits per heavy atom. The lowest BCUT2D eigenvalue weighted by molar-refractivity contribution is -0.122. The summed E-state index contributed by atoms with van der Waals surface area (Å²) in [5.41, 5.74) is 0. The van der Waals surface area contributed by atoms with Crippen molar-refractivity contribution in [3.8, 4) is 0 Å². The number of alkyl carbamates (subject to hydrolysis) is 1. The van der Waals surface area contributed by atoms with Gasteiger partial charge in [-0.3, -0.25) is 4.79 Å². The van der Waals surface area contributed by atoms with Crippen LogP contribution in [0.4, 0.5) is 4.79 Å². The molecule has 0 heterocycles. The van der Waals surface area contributed by atoms with Crippen LogP contribution in [-0.2, 0) is 9.53 Å². The van der Waals surface area contributed by atoms with E-state index in [0.717, 1.165) is 6.42 Å². The van der Waals surface area contributed by atoms with Crippen LogP contribution in [0.1, 0.15) is 52.9 Å². The van der Waals surface area contributed by atoms with Crippen LogP contribution in [0.5, 0.6) is 0 Å². The Hall–Kier alpha value is -1.26. The number of rotatable bonds is 6. The van der Waals surface area contributed by atoms with E-state index in [2.05, 4.69) is 24.5 Å². The lowest BCUT2D eigenvalue weighted by atomic mass is 9.78. The number of carbonyl (C=O) groups excluding carboxylic acids is 2. The quantitative estimate of drug-likeness (QED) is 0.787. The highest BCUT2D eigenvalue weighted by Crippen LogP contribution is 2.30. The van der Waals surface area contributed by atoms with E-state index < -0.39 is 6.09 Å². The van der Waals surface area contributed by atoms with Gasteiger partial charge in [0.25, 0.3) is 0 Å². The molecule has 5 nitrogen and oxygen atoms in total. The molecule has 0 aliphatic heterocycles. The van der Waals surface area contributed by atoms with E-state index in [1.54, 1.807) is 6.92 Å². The van der Waals surface area contributed by atoms with E-state index in [1.165, 1.54) is 19.3 Å². The first-order chi connectivity index (χ1) is 9.54. The van der Waals surface area contributed by atoms with Crippen molar-refractivity contribution in [2.75, 3.05) is 13.2 Å². The van der Waals surface area contributed by atoms with Crippen LogP contribution in [0.3, 0.4) is 0 Å². The third kappa shape index (κ3) is 5.80. The molecule has 1 saturated carbocycles. The molecular weight excluding hydrogens is 256 g/mol. The van der Waals surface area contributed by atoms with Crippen LogP contribution < -0.4 is 10.6 Å². The minimum Gasteiger partial charge on any atom is -0.450 e. The summed E-state index contributed by atoms with van der Waals surface area (Å²) in [6.45, 7) is 6.86. The maximum absolute atomic E-state index is 11.9. The van der Waals surface area contributed by atoms with Crippen molar-refractivity contribution in [1.29, 1.82) is 0 Å². The minimum absolute atomic E-state index is 0.0133. The average molecular weight is 284 g/mol. The van der Waals surface area contributed by atoms with Crippen molar-refractivity contribution in [3.05, 3.63) is 0 Å². The van der Waals surface area contributed by atoms with E-state index in [9.17, 15) is 9.59 Å². The van der Waals surface area contributed by atoms with Crippen molar-refractivity contribution < 1.29 is 14.3 Å². The van der Waals surface area contributed by atoms with Gasteiger partial charge in [-0.25, -0.2) is 4.79 Å². The van der Waals surface area contributed by atoms with E-state index >= 15 is 0 Å². The van der Waals surface area contributed by atoms with Crippen LogP contribution >= 0.6 is 0 Å². The van der Waals surface area contributed by atoms with Gasteiger partial charge >= 0.3 is 6.09 Å². The highest BCUT2D eigenvalue weighted by atomic mass is 16.5. The van der Waals surface area contributed by atoms with Gasteiger partial charge in [0.05, 0.1) is 6.61 Å². The predicted octanol–water partition coefficient (Wildman–Crippen LogP) is 2.45. The second kappa shape index (κ2) is 8.82. The Kier molecular flexibility index (Phi) is 7.41. The SMILES string of the molecule is CCOC(=O)NCCC(=O)NC1CCCCC1C(C)C. The Morgan fingerprint density at radius 3 is 2.60 bits per heavy atom. The fraction of sp³-hybridized carbons (Fsp3) is 0.867. The van der Waals surface area contributed by atoms with E-state index in [4.69, 9.17) is 4.74 Å². The molecule has 116 valence electrons. The number of hydrogen-bond acceptors (Lipinski definition) is 3. The molecule has 0 bridgehead atoms. The molecule has 1 rings (SSSR count). The molecule has 1 fully saturated rings. The van der Waals surface area contributed by atoms with E-state index in [0.29, 0.717) is 37.5 Å². The highest BCUT2D eigenvalue weighted by molar-refractivity contribution is 5.77. The van der Waals surface area contributed by atoms with Crippen LogP contribution in [0.25, 0.3) is 0 Å². The first-order valence-corrected chi connectivity index (χ1v) is 7.74. The second-order valence-corrected chi connectivity index (χ2v) is 5.76. The number of nitrogens with one attached hydrogen (secondary N) is 2. The first kappa shape index (κ1) is 16.8. The summed E-state index contributed by atoms with van der Waals surface area (Å²) in [6, 6.07) is 0.291. The Balaban J connectivity index is 2.28. The summed E-state index contributed by atoms with van der Waals surface area (Å²) in [5.74, 6) is 1.18. The van der Waals surface area contributed by atoms with Crippen LogP contribution in [0, 0.1) is 11.8 Å². The summed E-state index contributed by atoms with van der Waals surface area (Å²) in [5, 5.41) is 5.69. The summed E-state index contributed by atoms with van der Waals surface area (Å²) in [6.07, 6.45) is 4.57. The first-order valence-electron chi connectivity index (χ1n) is 7.74. The van der Waals surface area contributed by atoms with E-state index in [1.807, 2.05) is 0 Å². The maximum Gasteiger partial charge on any atom is 0.407 e. The molecule has 1 aliphatic carbocycles. The van der Waals surface area contributed by atoms with Crippen LogP contribution in [-0.4, -0.2) is 31.2 Å². The normalized spacial score (nSPS) is 22.4. The molecule has 2 unspecified atom stereocenters. The Bertz CT molecular complexity index is 318. The third-order valence-electron chi connectivity index (χ3n) is 3.92.